The number of β-lactam (4-membered cyclic amide) rings is 1. The van der Waals surface area contributed by atoms with Gasteiger partial charge in [0.05, 0.1) is 11.7 Å². The minimum absolute atomic E-state index is 0.156. The molecule has 1 aromatic heterocycles. The Bertz CT molecular complexity index is 526. The van der Waals surface area contributed by atoms with Crippen LogP contribution in [-0.2, 0) is 16.1 Å². The molecule has 3 rings (SSSR count). The maximum Gasteiger partial charge on any atom is 0.254 e. The first-order valence-corrected chi connectivity index (χ1v) is 8.59. The van der Waals surface area contributed by atoms with Crippen LogP contribution in [0.15, 0.2) is 24.4 Å². The van der Waals surface area contributed by atoms with Crippen molar-refractivity contribution in [2.45, 2.75) is 51.4 Å². The van der Waals surface area contributed by atoms with Crippen LogP contribution >= 0.6 is 0 Å². The zero-order chi connectivity index (χ0) is 16.4. The lowest BCUT2D eigenvalue weighted by atomic mass is 9.79. The van der Waals surface area contributed by atoms with Gasteiger partial charge in [0.2, 0.25) is 0 Å². The van der Waals surface area contributed by atoms with Crippen LogP contribution in [0.4, 0.5) is 0 Å². The van der Waals surface area contributed by atoms with Gasteiger partial charge >= 0.3 is 0 Å². The Hall–Kier alpha value is -1.46. The number of methoxy groups -OCH3 is 1. The standard InChI is InChI=1S/C18H27N3O2/c1-13(2)21-16(17(23-3)18(21)22)14-7-10-20(11-8-14)12-15-6-4-5-9-19-15/h4-6,9,13-14,16-17H,7-8,10-12H2,1-3H3/t16-,17+/m0/s1. The number of likely N-dealkylation sites (tertiary alicyclic amines) is 2. The van der Waals surface area contributed by atoms with Crippen molar-refractivity contribution in [3.8, 4) is 0 Å². The number of rotatable bonds is 5. The number of amides is 1. The molecule has 1 amide bonds. The topological polar surface area (TPSA) is 45.7 Å². The number of carbonyl (C=O) groups excluding carboxylic acids is 1. The van der Waals surface area contributed by atoms with Gasteiger partial charge in [0.25, 0.3) is 5.91 Å². The molecule has 126 valence electrons. The van der Waals surface area contributed by atoms with E-state index in [1.54, 1.807) is 7.11 Å². The molecule has 0 aliphatic carbocycles. The summed E-state index contributed by atoms with van der Waals surface area (Å²) in [5, 5.41) is 0. The second kappa shape index (κ2) is 6.97. The van der Waals surface area contributed by atoms with Crippen molar-refractivity contribution in [3.63, 3.8) is 0 Å². The number of piperidine rings is 1. The maximum absolute atomic E-state index is 12.2. The zero-order valence-corrected chi connectivity index (χ0v) is 14.3. The first kappa shape index (κ1) is 16.4. The number of ether oxygens (including phenoxy) is 1. The fourth-order valence-corrected chi connectivity index (χ4v) is 3.99. The van der Waals surface area contributed by atoms with E-state index in [-0.39, 0.29) is 24.1 Å². The van der Waals surface area contributed by atoms with Gasteiger partial charge in [-0.05, 0) is 57.8 Å². The van der Waals surface area contributed by atoms with Crippen LogP contribution in [0.3, 0.4) is 0 Å². The molecule has 23 heavy (non-hydrogen) atoms. The van der Waals surface area contributed by atoms with Gasteiger partial charge in [-0.25, -0.2) is 0 Å². The molecule has 2 atom stereocenters. The van der Waals surface area contributed by atoms with Crippen molar-refractivity contribution in [1.29, 1.82) is 0 Å². The van der Waals surface area contributed by atoms with Crippen molar-refractivity contribution >= 4 is 5.91 Å². The number of hydrogen-bond acceptors (Lipinski definition) is 4. The highest BCUT2D eigenvalue weighted by atomic mass is 16.5. The van der Waals surface area contributed by atoms with Gasteiger partial charge in [-0.1, -0.05) is 6.07 Å². The molecule has 0 radical (unpaired) electrons. The lowest BCUT2D eigenvalue weighted by Gasteiger charge is -2.53. The highest BCUT2D eigenvalue weighted by Gasteiger charge is 2.52. The minimum atomic E-state index is -0.232. The first-order chi connectivity index (χ1) is 11.1. The van der Waals surface area contributed by atoms with Crippen LogP contribution in [0, 0.1) is 5.92 Å². The summed E-state index contributed by atoms with van der Waals surface area (Å²) >= 11 is 0. The molecule has 2 fully saturated rings. The fourth-order valence-electron chi connectivity index (χ4n) is 3.99. The number of carbonyl (C=O) groups is 1. The quantitative estimate of drug-likeness (QED) is 0.779. The van der Waals surface area contributed by atoms with E-state index < -0.39 is 0 Å². The van der Waals surface area contributed by atoms with Gasteiger partial charge in [0.15, 0.2) is 6.10 Å². The Labute approximate surface area is 138 Å². The van der Waals surface area contributed by atoms with E-state index in [4.69, 9.17) is 4.74 Å². The van der Waals surface area contributed by atoms with Crippen molar-refractivity contribution < 1.29 is 9.53 Å². The van der Waals surface area contributed by atoms with E-state index in [9.17, 15) is 4.79 Å². The molecule has 5 heteroatoms. The smallest absolute Gasteiger partial charge is 0.254 e. The average Bonchev–Trinajstić information content (AvgIpc) is 2.54. The Morgan fingerprint density at radius 2 is 2.04 bits per heavy atom. The summed E-state index contributed by atoms with van der Waals surface area (Å²) in [5.41, 5.74) is 1.13. The summed E-state index contributed by atoms with van der Waals surface area (Å²) in [5.74, 6) is 0.698. The van der Waals surface area contributed by atoms with E-state index in [0.717, 1.165) is 38.2 Å². The Morgan fingerprint density at radius 3 is 2.61 bits per heavy atom. The van der Waals surface area contributed by atoms with Crippen LogP contribution in [0.25, 0.3) is 0 Å². The van der Waals surface area contributed by atoms with Gasteiger partial charge in [0, 0.05) is 25.9 Å². The molecule has 1 aromatic rings. The molecular formula is C18H27N3O2. The normalized spacial score (nSPS) is 26.6. The zero-order valence-electron chi connectivity index (χ0n) is 14.3. The monoisotopic (exact) mass is 317 g/mol. The summed E-state index contributed by atoms with van der Waals surface area (Å²) in [7, 11) is 1.66. The number of aromatic nitrogens is 1. The average molecular weight is 317 g/mol. The summed E-state index contributed by atoms with van der Waals surface area (Å²) in [6, 6.07) is 6.58. The molecule has 0 aromatic carbocycles. The van der Waals surface area contributed by atoms with Crippen molar-refractivity contribution in [2.24, 2.45) is 5.92 Å². The fraction of sp³-hybridized carbons (Fsp3) is 0.667. The van der Waals surface area contributed by atoms with E-state index in [0.29, 0.717) is 5.92 Å². The summed E-state index contributed by atoms with van der Waals surface area (Å²) in [6.07, 6.45) is 3.86. The van der Waals surface area contributed by atoms with Gasteiger partial charge in [-0.3, -0.25) is 14.7 Å². The largest absolute Gasteiger partial charge is 0.369 e. The summed E-state index contributed by atoms with van der Waals surface area (Å²) in [4.78, 5) is 21.1. The van der Waals surface area contributed by atoms with Gasteiger partial charge in [-0.15, -0.1) is 0 Å². The lowest BCUT2D eigenvalue weighted by Crippen LogP contribution is -2.70. The third-order valence-corrected chi connectivity index (χ3v) is 5.17. The molecule has 0 spiro atoms. The molecule has 2 aliphatic heterocycles. The maximum atomic E-state index is 12.2. The van der Waals surface area contributed by atoms with Crippen LogP contribution in [0.1, 0.15) is 32.4 Å². The molecule has 2 saturated heterocycles. The van der Waals surface area contributed by atoms with Crippen LogP contribution in [0.2, 0.25) is 0 Å². The molecule has 2 aliphatic rings. The second-order valence-corrected chi connectivity index (χ2v) is 6.92. The van der Waals surface area contributed by atoms with E-state index in [2.05, 4.69) is 29.8 Å². The molecular weight excluding hydrogens is 290 g/mol. The number of hydrogen-bond donors (Lipinski definition) is 0. The lowest BCUT2D eigenvalue weighted by molar-refractivity contribution is -0.181. The Morgan fingerprint density at radius 1 is 1.30 bits per heavy atom. The van der Waals surface area contributed by atoms with Crippen molar-refractivity contribution in [3.05, 3.63) is 30.1 Å². The molecule has 0 saturated carbocycles. The predicted octanol–water partition coefficient (Wildman–Crippen LogP) is 1.93. The second-order valence-electron chi connectivity index (χ2n) is 6.92. The predicted molar refractivity (Wildman–Crippen MR) is 88.8 cm³/mol. The third kappa shape index (κ3) is 3.26. The Balaban J connectivity index is 1.57. The molecule has 3 heterocycles. The Kier molecular flexibility index (Phi) is 4.97. The third-order valence-electron chi connectivity index (χ3n) is 5.17. The summed E-state index contributed by atoms with van der Waals surface area (Å²) in [6.45, 7) is 7.22. The van der Waals surface area contributed by atoms with Crippen LogP contribution < -0.4 is 0 Å². The highest BCUT2D eigenvalue weighted by molar-refractivity contribution is 5.88. The van der Waals surface area contributed by atoms with Crippen molar-refractivity contribution in [2.75, 3.05) is 20.2 Å². The number of pyridine rings is 1. The van der Waals surface area contributed by atoms with Crippen LogP contribution in [-0.4, -0.2) is 59.1 Å². The van der Waals surface area contributed by atoms with Gasteiger partial charge < -0.3 is 9.64 Å². The molecule has 5 nitrogen and oxygen atoms in total. The van der Waals surface area contributed by atoms with Gasteiger partial charge in [0.1, 0.15) is 0 Å². The summed E-state index contributed by atoms with van der Waals surface area (Å²) < 4.78 is 5.45. The first-order valence-electron chi connectivity index (χ1n) is 8.59. The van der Waals surface area contributed by atoms with E-state index >= 15 is 0 Å². The molecule has 0 bridgehead atoms. The van der Waals surface area contributed by atoms with E-state index in [1.807, 2.05) is 23.2 Å². The molecule has 0 N–H and O–H groups in total. The minimum Gasteiger partial charge on any atom is -0.369 e. The highest BCUT2D eigenvalue weighted by Crippen LogP contribution is 2.36. The van der Waals surface area contributed by atoms with Crippen LogP contribution in [0.5, 0.6) is 0 Å². The molecule has 0 unspecified atom stereocenters. The SMILES string of the molecule is CO[C@H]1C(=O)N(C(C)C)[C@H]1C1CCN(Cc2ccccn2)CC1. The van der Waals surface area contributed by atoms with Crippen molar-refractivity contribution in [1.82, 2.24) is 14.8 Å². The van der Waals surface area contributed by atoms with E-state index in [1.165, 1.54) is 0 Å². The number of nitrogens with zero attached hydrogens (tertiary/aromatic N) is 3. The van der Waals surface area contributed by atoms with Gasteiger partial charge in [-0.2, -0.15) is 0 Å².